The lowest BCUT2D eigenvalue weighted by Gasteiger charge is -2.27. The topological polar surface area (TPSA) is 20.5 Å². The van der Waals surface area contributed by atoms with Crippen LogP contribution in [0.3, 0.4) is 0 Å². The van der Waals surface area contributed by atoms with E-state index in [-0.39, 0.29) is 0 Å². The maximum atomic E-state index is 5.24. The number of nitrogens with zero attached hydrogens (tertiary/aromatic N) is 3. The summed E-state index contributed by atoms with van der Waals surface area (Å²) in [5.74, 6) is 0. The van der Waals surface area contributed by atoms with Crippen LogP contribution >= 0.6 is 0 Å². The first-order valence-electron chi connectivity index (χ1n) is 17.8. The van der Waals surface area contributed by atoms with Crippen LogP contribution < -0.4 is 4.90 Å². The molecule has 0 atom stereocenters. The first-order valence-corrected chi connectivity index (χ1v) is 17.8. The van der Waals surface area contributed by atoms with Gasteiger partial charge in [-0.3, -0.25) is 4.40 Å². The Labute approximate surface area is 301 Å². The average Bonchev–Trinajstić information content (AvgIpc) is 3.56. The van der Waals surface area contributed by atoms with Gasteiger partial charge in [-0.15, -0.1) is 0 Å². The summed E-state index contributed by atoms with van der Waals surface area (Å²) in [5, 5.41) is 3.63. The highest BCUT2D eigenvalue weighted by Gasteiger charge is 2.26. The predicted octanol–water partition coefficient (Wildman–Crippen LogP) is 13.2. The van der Waals surface area contributed by atoms with Crippen molar-refractivity contribution in [3.8, 4) is 44.5 Å². The number of fused-ring (bicyclic) bond motifs is 13. The molecule has 0 saturated heterocycles. The van der Waals surface area contributed by atoms with E-state index < -0.39 is 0 Å². The Kier molecular flexibility index (Phi) is 6.25. The van der Waals surface area contributed by atoms with Crippen LogP contribution in [0.1, 0.15) is 0 Å². The molecule has 11 rings (SSSR count). The fourth-order valence-corrected chi connectivity index (χ4v) is 8.33. The molecule has 0 amide bonds. The predicted molar refractivity (Wildman–Crippen MR) is 218 cm³/mol. The van der Waals surface area contributed by atoms with E-state index >= 15 is 0 Å². The molecule has 0 radical (unpaired) electrons. The standard InChI is InChI=1S/C49H31N3/c1-2-15-36(16-3-1)51-45-22-9-6-19-40(45)38-27-25-34(30-43(38)41-20-8-10-23-46(41)51)32-13-12-14-33(29-32)35-26-28-48-44(31-35)50-49-42-21-5-4-17-37(42)39-18-7-11-24-47(39)52(48)49/h1-31H. The minimum Gasteiger partial charge on any atom is -0.309 e. The number of pyridine rings is 1. The summed E-state index contributed by atoms with van der Waals surface area (Å²) in [6.07, 6.45) is 0. The van der Waals surface area contributed by atoms with Crippen molar-refractivity contribution in [2.24, 2.45) is 0 Å². The van der Waals surface area contributed by atoms with E-state index in [9.17, 15) is 0 Å². The summed E-state index contributed by atoms with van der Waals surface area (Å²) in [4.78, 5) is 7.64. The van der Waals surface area contributed by atoms with Crippen molar-refractivity contribution in [1.82, 2.24) is 9.38 Å². The zero-order valence-electron chi connectivity index (χ0n) is 28.2. The van der Waals surface area contributed by atoms with Crippen LogP contribution in [0.15, 0.2) is 188 Å². The van der Waals surface area contributed by atoms with Gasteiger partial charge in [0.1, 0.15) is 5.65 Å². The fraction of sp³-hybridized carbons (Fsp3) is 0. The molecule has 0 bridgehead atoms. The molecular weight excluding hydrogens is 631 g/mol. The van der Waals surface area contributed by atoms with E-state index in [0.717, 1.165) is 27.9 Å². The second kappa shape index (κ2) is 11.3. The summed E-state index contributed by atoms with van der Waals surface area (Å²) >= 11 is 0. The van der Waals surface area contributed by atoms with Gasteiger partial charge in [0.05, 0.1) is 27.9 Å². The van der Waals surface area contributed by atoms with E-state index in [1.165, 1.54) is 72.0 Å². The quantitative estimate of drug-likeness (QED) is 0.176. The van der Waals surface area contributed by atoms with Crippen LogP contribution in [0, 0.1) is 0 Å². The Morgan fingerprint density at radius 1 is 0.346 bits per heavy atom. The number of rotatable bonds is 3. The van der Waals surface area contributed by atoms with Gasteiger partial charge in [-0.2, -0.15) is 0 Å². The molecular formula is C49H31N3. The Bertz CT molecular complexity index is 3030. The van der Waals surface area contributed by atoms with Crippen LogP contribution in [-0.2, 0) is 0 Å². The fourth-order valence-electron chi connectivity index (χ4n) is 8.33. The van der Waals surface area contributed by atoms with Crippen molar-refractivity contribution in [1.29, 1.82) is 0 Å². The van der Waals surface area contributed by atoms with E-state index in [4.69, 9.17) is 4.98 Å². The van der Waals surface area contributed by atoms with Gasteiger partial charge in [0.2, 0.25) is 0 Å². The summed E-state index contributed by atoms with van der Waals surface area (Å²) in [6, 6.07) is 68.0. The van der Waals surface area contributed by atoms with E-state index in [1.54, 1.807) is 0 Å². The molecule has 1 aliphatic rings. The molecule has 8 aromatic carbocycles. The molecule has 0 fully saturated rings. The molecule has 0 saturated carbocycles. The van der Waals surface area contributed by atoms with Gasteiger partial charge in [-0.05, 0) is 93.4 Å². The second-order valence-corrected chi connectivity index (χ2v) is 13.6. The third-order valence-electron chi connectivity index (χ3n) is 10.7. The maximum Gasteiger partial charge on any atom is 0.146 e. The zero-order chi connectivity index (χ0) is 34.2. The number of hydrogen-bond donors (Lipinski definition) is 0. The highest BCUT2D eigenvalue weighted by molar-refractivity contribution is 6.14. The van der Waals surface area contributed by atoms with Crippen LogP contribution in [0.25, 0.3) is 82.9 Å². The number of aromatic nitrogens is 2. The van der Waals surface area contributed by atoms with E-state index in [2.05, 4.69) is 197 Å². The first-order chi connectivity index (χ1) is 25.8. The van der Waals surface area contributed by atoms with Crippen molar-refractivity contribution in [3.63, 3.8) is 0 Å². The number of benzene rings is 8. The Morgan fingerprint density at radius 2 is 0.942 bits per heavy atom. The number of para-hydroxylation sites is 4. The molecule has 10 aromatic rings. The third kappa shape index (κ3) is 4.30. The summed E-state index contributed by atoms with van der Waals surface area (Å²) in [5.41, 5.74) is 17.4. The molecule has 3 nitrogen and oxygen atoms in total. The van der Waals surface area contributed by atoms with Gasteiger partial charge in [0, 0.05) is 27.6 Å². The zero-order valence-corrected chi connectivity index (χ0v) is 28.2. The molecule has 0 aliphatic carbocycles. The van der Waals surface area contributed by atoms with E-state index in [1.807, 2.05) is 0 Å². The largest absolute Gasteiger partial charge is 0.309 e. The molecule has 3 heteroatoms. The second-order valence-electron chi connectivity index (χ2n) is 13.6. The molecule has 2 aromatic heterocycles. The SMILES string of the molecule is c1ccc(N2c3ccccc3-c3ccc(-c4cccc(-c5ccc6c(c5)nc5c7ccccc7c7ccccc7n65)c4)cc3-c3ccccc32)cc1. The molecule has 52 heavy (non-hydrogen) atoms. The monoisotopic (exact) mass is 661 g/mol. The minimum atomic E-state index is 0.993. The van der Waals surface area contributed by atoms with Gasteiger partial charge in [0.25, 0.3) is 0 Å². The lowest BCUT2D eigenvalue weighted by molar-refractivity contribution is 1.29. The molecule has 0 spiro atoms. The first kappa shape index (κ1) is 28.8. The van der Waals surface area contributed by atoms with E-state index in [0.29, 0.717) is 0 Å². The molecule has 0 N–H and O–H groups in total. The van der Waals surface area contributed by atoms with Crippen molar-refractivity contribution >= 4 is 55.4 Å². The normalized spacial score (nSPS) is 12.2. The molecule has 0 unspecified atom stereocenters. The Balaban J connectivity index is 1.05. The molecule has 1 aliphatic heterocycles. The van der Waals surface area contributed by atoms with Gasteiger partial charge in [-0.25, -0.2) is 4.98 Å². The Hall–Kier alpha value is -6.97. The highest BCUT2D eigenvalue weighted by Crippen LogP contribution is 2.51. The lowest BCUT2D eigenvalue weighted by Crippen LogP contribution is -2.10. The van der Waals surface area contributed by atoms with Crippen molar-refractivity contribution in [2.45, 2.75) is 0 Å². The van der Waals surface area contributed by atoms with Crippen LogP contribution in [0.4, 0.5) is 17.1 Å². The van der Waals surface area contributed by atoms with Gasteiger partial charge >= 0.3 is 0 Å². The maximum absolute atomic E-state index is 5.24. The number of imidazole rings is 1. The summed E-state index contributed by atoms with van der Waals surface area (Å²) < 4.78 is 2.32. The van der Waals surface area contributed by atoms with Crippen LogP contribution in [0.2, 0.25) is 0 Å². The van der Waals surface area contributed by atoms with Crippen LogP contribution in [-0.4, -0.2) is 9.38 Å². The molecule has 3 heterocycles. The summed E-state index contributed by atoms with van der Waals surface area (Å²) in [7, 11) is 0. The minimum absolute atomic E-state index is 0.993. The average molecular weight is 662 g/mol. The highest BCUT2D eigenvalue weighted by atomic mass is 15.1. The van der Waals surface area contributed by atoms with Crippen molar-refractivity contribution in [2.75, 3.05) is 4.90 Å². The summed E-state index contributed by atoms with van der Waals surface area (Å²) in [6.45, 7) is 0. The van der Waals surface area contributed by atoms with Gasteiger partial charge in [0.15, 0.2) is 0 Å². The van der Waals surface area contributed by atoms with Gasteiger partial charge in [-0.1, -0.05) is 133 Å². The van der Waals surface area contributed by atoms with Gasteiger partial charge < -0.3 is 4.90 Å². The number of anilines is 3. The third-order valence-corrected chi connectivity index (χ3v) is 10.7. The van der Waals surface area contributed by atoms with Crippen molar-refractivity contribution in [3.05, 3.63) is 188 Å². The molecule has 242 valence electrons. The number of hydrogen-bond acceptors (Lipinski definition) is 2. The Morgan fingerprint density at radius 3 is 1.73 bits per heavy atom. The van der Waals surface area contributed by atoms with Crippen LogP contribution in [0.5, 0.6) is 0 Å². The smallest absolute Gasteiger partial charge is 0.146 e. The van der Waals surface area contributed by atoms with Crippen molar-refractivity contribution < 1.29 is 0 Å². The lowest BCUT2D eigenvalue weighted by atomic mass is 9.90.